The van der Waals surface area contributed by atoms with Crippen molar-refractivity contribution >= 4 is 17.4 Å². The number of Topliss-reactive ketones (excluding diaryl/α,β-unsaturated/α-hetero) is 1. The normalized spacial score (nSPS) is 9.94. The van der Waals surface area contributed by atoms with E-state index in [1.165, 1.54) is 7.11 Å². The van der Waals surface area contributed by atoms with Gasteiger partial charge in [0.25, 0.3) is 0 Å². The van der Waals surface area contributed by atoms with Crippen LogP contribution in [0.25, 0.3) is 0 Å². The first-order valence-electron chi connectivity index (χ1n) is 6.01. The zero-order valence-corrected chi connectivity index (χ0v) is 11.1. The highest BCUT2D eigenvalue weighted by molar-refractivity contribution is 5.94. The van der Waals surface area contributed by atoms with Gasteiger partial charge in [-0.2, -0.15) is 0 Å². The van der Waals surface area contributed by atoms with E-state index >= 15 is 0 Å². The van der Waals surface area contributed by atoms with E-state index in [0.29, 0.717) is 18.5 Å². The maximum atomic E-state index is 11.2. The molecule has 0 saturated heterocycles. The number of ketones is 1. The highest BCUT2D eigenvalue weighted by Gasteiger charge is 2.08. The number of benzene rings is 1. The van der Waals surface area contributed by atoms with Gasteiger partial charge in [0.15, 0.2) is 5.78 Å². The van der Waals surface area contributed by atoms with Crippen LogP contribution in [0.3, 0.4) is 0 Å². The molecule has 0 amide bonds. The minimum Gasteiger partial charge on any atom is -0.469 e. The van der Waals surface area contributed by atoms with Gasteiger partial charge in [0.05, 0.1) is 13.5 Å². The minimum atomic E-state index is -0.214. The van der Waals surface area contributed by atoms with Gasteiger partial charge in [-0.3, -0.25) is 9.59 Å². The van der Waals surface area contributed by atoms with Gasteiger partial charge in [-0.25, -0.2) is 0 Å². The van der Waals surface area contributed by atoms with E-state index in [1.54, 1.807) is 19.1 Å². The van der Waals surface area contributed by atoms with Crippen molar-refractivity contribution in [1.29, 1.82) is 0 Å². The van der Waals surface area contributed by atoms with Gasteiger partial charge >= 0.3 is 5.97 Å². The molecule has 0 aliphatic carbocycles. The van der Waals surface area contributed by atoms with Crippen LogP contribution in [0.2, 0.25) is 0 Å². The van der Waals surface area contributed by atoms with Gasteiger partial charge in [0, 0.05) is 24.3 Å². The first-order chi connectivity index (χ1) is 8.58. The fourth-order valence-electron chi connectivity index (χ4n) is 1.71. The van der Waals surface area contributed by atoms with Crippen LogP contribution in [-0.2, 0) is 9.53 Å². The second-order valence-corrected chi connectivity index (χ2v) is 4.01. The maximum Gasteiger partial charge on any atom is 0.307 e. The van der Waals surface area contributed by atoms with E-state index < -0.39 is 0 Å². The summed E-state index contributed by atoms with van der Waals surface area (Å²) in [5, 5.41) is 0. The lowest BCUT2D eigenvalue weighted by Gasteiger charge is -2.22. The van der Waals surface area contributed by atoms with Crippen molar-refractivity contribution in [3.8, 4) is 0 Å². The fourth-order valence-corrected chi connectivity index (χ4v) is 1.71. The van der Waals surface area contributed by atoms with E-state index in [2.05, 4.69) is 9.64 Å². The molecule has 0 spiro atoms. The summed E-state index contributed by atoms with van der Waals surface area (Å²) in [6.45, 7) is 4.99. The molecule has 1 rings (SSSR count). The molecule has 0 aliphatic rings. The number of carbonyl (C=O) groups excluding carboxylic acids is 2. The smallest absolute Gasteiger partial charge is 0.307 e. The van der Waals surface area contributed by atoms with Crippen molar-refractivity contribution in [1.82, 2.24) is 0 Å². The number of hydrogen-bond donors (Lipinski definition) is 0. The van der Waals surface area contributed by atoms with Crippen LogP contribution >= 0.6 is 0 Å². The number of esters is 1. The van der Waals surface area contributed by atoms with E-state index in [4.69, 9.17) is 0 Å². The molecule has 4 heteroatoms. The topological polar surface area (TPSA) is 46.6 Å². The van der Waals surface area contributed by atoms with Crippen LogP contribution in [0.4, 0.5) is 5.69 Å². The van der Waals surface area contributed by atoms with Gasteiger partial charge in [-0.15, -0.1) is 0 Å². The van der Waals surface area contributed by atoms with Gasteiger partial charge < -0.3 is 9.64 Å². The van der Waals surface area contributed by atoms with Gasteiger partial charge in [0.1, 0.15) is 0 Å². The Bertz CT molecular complexity index is 412. The minimum absolute atomic E-state index is 0.0548. The molecule has 18 heavy (non-hydrogen) atoms. The monoisotopic (exact) mass is 249 g/mol. The number of ether oxygens (including phenoxy) is 1. The van der Waals surface area contributed by atoms with Crippen LogP contribution in [0, 0.1) is 0 Å². The summed E-state index contributed by atoms with van der Waals surface area (Å²) in [5.74, 6) is -0.159. The van der Waals surface area contributed by atoms with Crippen molar-refractivity contribution in [3.05, 3.63) is 29.8 Å². The Morgan fingerprint density at radius 2 is 1.83 bits per heavy atom. The molecule has 0 bridgehead atoms. The summed E-state index contributed by atoms with van der Waals surface area (Å²) in [6, 6.07) is 7.41. The molecule has 0 atom stereocenters. The molecule has 0 saturated carbocycles. The predicted molar refractivity (Wildman–Crippen MR) is 71.0 cm³/mol. The van der Waals surface area contributed by atoms with Crippen molar-refractivity contribution < 1.29 is 14.3 Å². The van der Waals surface area contributed by atoms with Gasteiger partial charge in [0.2, 0.25) is 0 Å². The molecule has 0 fully saturated rings. The molecule has 0 unspecified atom stereocenters. The number of nitrogens with zero attached hydrogens (tertiary/aromatic N) is 1. The van der Waals surface area contributed by atoms with E-state index in [9.17, 15) is 9.59 Å². The predicted octanol–water partition coefficient (Wildman–Crippen LogP) is 2.28. The zero-order chi connectivity index (χ0) is 13.5. The van der Waals surface area contributed by atoms with E-state index in [-0.39, 0.29) is 11.8 Å². The third-order valence-corrected chi connectivity index (χ3v) is 2.83. The van der Waals surface area contributed by atoms with Crippen LogP contribution < -0.4 is 4.90 Å². The number of hydrogen-bond acceptors (Lipinski definition) is 4. The first kappa shape index (κ1) is 14.2. The van der Waals surface area contributed by atoms with Crippen LogP contribution in [-0.4, -0.2) is 32.0 Å². The standard InChI is InChI=1S/C14H19NO3/c1-4-15(10-9-14(17)18-3)13-7-5-12(6-8-13)11(2)16/h5-8H,4,9-10H2,1-3H3. The Balaban J connectivity index is 2.70. The lowest BCUT2D eigenvalue weighted by molar-refractivity contribution is -0.140. The van der Waals surface area contributed by atoms with Crippen LogP contribution in [0.1, 0.15) is 30.6 Å². The third kappa shape index (κ3) is 3.87. The number of methoxy groups -OCH3 is 1. The summed E-state index contributed by atoms with van der Waals surface area (Å²) in [4.78, 5) is 24.4. The fraction of sp³-hybridized carbons (Fsp3) is 0.429. The second kappa shape index (κ2) is 6.79. The van der Waals surface area contributed by atoms with Gasteiger partial charge in [-0.1, -0.05) is 0 Å². The number of rotatable bonds is 6. The average molecular weight is 249 g/mol. The number of anilines is 1. The Labute approximate surface area is 108 Å². The Kier molecular flexibility index (Phi) is 5.36. The Hall–Kier alpha value is -1.84. The Morgan fingerprint density at radius 1 is 1.22 bits per heavy atom. The summed E-state index contributed by atoms with van der Waals surface area (Å²) < 4.78 is 4.62. The first-order valence-corrected chi connectivity index (χ1v) is 6.01. The zero-order valence-electron chi connectivity index (χ0n) is 11.1. The van der Waals surface area contributed by atoms with Crippen molar-refractivity contribution in [2.24, 2.45) is 0 Å². The summed E-state index contributed by atoms with van der Waals surface area (Å²) in [6.07, 6.45) is 0.360. The SMILES string of the molecule is CCN(CCC(=O)OC)c1ccc(C(C)=O)cc1. The molecule has 98 valence electrons. The lowest BCUT2D eigenvalue weighted by atomic mass is 10.1. The maximum absolute atomic E-state index is 11.2. The molecule has 0 aromatic heterocycles. The molecule has 0 radical (unpaired) electrons. The summed E-state index contributed by atoms with van der Waals surface area (Å²) >= 11 is 0. The summed E-state index contributed by atoms with van der Waals surface area (Å²) in [5.41, 5.74) is 1.70. The molecule has 1 aromatic rings. The Morgan fingerprint density at radius 3 is 2.28 bits per heavy atom. The summed E-state index contributed by atoms with van der Waals surface area (Å²) in [7, 11) is 1.39. The average Bonchev–Trinajstić information content (AvgIpc) is 2.39. The van der Waals surface area contributed by atoms with Crippen LogP contribution in [0.5, 0.6) is 0 Å². The van der Waals surface area contributed by atoms with Crippen molar-refractivity contribution in [2.75, 3.05) is 25.1 Å². The number of carbonyl (C=O) groups is 2. The lowest BCUT2D eigenvalue weighted by Crippen LogP contribution is -2.26. The second-order valence-electron chi connectivity index (χ2n) is 4.01. The van der Waals surface area contributed by atoms with E-state index in [0.717, 1.165) is 12.2 Å². The molecular weight excluding hydrogens is 230 g/mol. The third-order valence-electron chi connectivity index (χ3n) is 2.83. The highest BCUT2D eigenvalue weighted by atomic mass is 16.5. The van der Waals surface area contributed by atoms with Crippen molar-refractivity contribution in [3.63, 3.8) is 0 Å². The van der Waals surface area contributed by atoms with E-state index in [1.807, 2.05) is 19.1 Å². The molecule has 0 heterocycles. The highest BCUT2D eigenvalue weighted by Crippen LogP contribution is 2.15. The van der Waals surface area contributed by atoms with Crippen molar-refractivity contribution in [2.45, 2.75) is 20.3 Å². The largest absolute Gasteiger partial charge is 0.469 e. The molecule has 0 N–H and O–H groups in total. The molecular formula is C14H19NO3. The molecule has 4 nitrogen and oxygen atoms in total. The van der Waals surface area contributed by atoms with Crippen LogP contribution in [0.15, 0.2) is 24.3 Å². The molecule has 0 aliphatic heterocycles. The molecule has 1 aromatic carbocycles. The quantitative estimate of drug-likeness (QED) is 0.573. The van der Waals surface area contributed by atoms with Gasteiger partial charge in [-0.05, 0) is 38.1 Å².